The smallest absolute Gasteiger partial charge is 0.00672 e. The highest BCUT2D eigenvalue weighted by Crippen LogP contribution is 2.30. The summed E-state index contributed by atoms with van der Waals surface area (Å²) in [5.74, 6) is 2.25. The van der Waals surface area contributed by atoms with Crippen LogP contribution >= 0.6 is 0 Å². The highest BCUT2D eigenvalue weighted by molar-refractivity contribution is 5.20. The van der Waals surface area contributed by atoms with Crippen molar-refractivity contribution in [1.82, 2.24) is 5.32 Å². The van der Waals surface area contributed by atoms with Crippen molar-refractivity contribution < 1.29 is 0 Å². The predicted octanol–water partition coefficient (Wildman–Crippen LogP) is 4.20. The SMILES string of the molecule is CC(C)C(CNC(C)C1CCC1)c1ccccc1. The number of nitrogens with one attached hydrogen (secondary N) is 1. The van der Waals surface area contributed by atoms with Gasteiger partial charge in [0.2, 0.25) is 0 Å². The second kappa shape index (κ2) is 6.38. The molecule has 1 saturated carbocycles. The van der Waals surface area contributed by atoms with Crippen LogP contribution in [0.25, 0.3) is 0 Å². The highest BCUT2D eigenvalue weighted by atomic mass is 14.9. The van der Waals surface area contributed by atoms with E-state index < -0.39 is 0 Å². The van der Waals surface area contributed by atoms with Crippen molar-refractivity contribution in [2.75, 3.05) is 6.54 Å². The maximum atomic E-state index is 3.76. The second-order valence-corrected chi connectivity index (χ2v) is 6.15. The fraction of sp³-hybridized carbons (Fsp3) is 0.647. The Bertz CT molecular complexity index is 340. The Hall–Kier alpha value is -0.820. The van der Waals surface area contributed by atoms with Gasteiger partial charge in [-0.3, -0.25) is 0 Å². The quantitative estimate of drug-likeness (QED) is 0.792. The molecule has 0 aliphatic heterocycles. The summed E-state index contributed by atoms with van der Waals surface area (Å²) in [5, 5.41) is 3.76. The molecule has 2 atom stereocenters. The van der Waals surface area contributed by atoms with Crippen LogP contribution in [0.4, 0.5) is 0 Å². The molecule has 100 valence electrons. The molecular weight excluding hydrogens is 218 g/mol. The van der Waals surface area contributed by atoms with E-state index in [4.69, 9.17) is 0 Å². The van der Waals surface area contributed by atoms with Gasteiger partial charge in [0.15, 0.2) is 0 Å². The zero-order valence-corrected chi connectivity index (χ0v) is 12.0. The van der Waals surface area contributed by atoms with Crippen LogP contribution in [0.1, 0.15) is 51.5 Å². The van der Waals surface area contributed by atoms with E-state index in [9.17, 15) is 0 Å². The zero-order valence-electron chi connectivity index (χ0n) is 12.0. The van der Waals surface area contributed by atoms with Crippen LogP contribution in [-0.4, -0.2) is 12.6 Å². The summed E-state index contributed by atoms with van der Waals surface area (Å²) in [7, 11) is 0. The van der Waals surface area contributed by atoms with Crippen LogP contribution in [0.5, 0.6) is 0 Å². The van der Waals surface area contributed by atoms with Gasteiger partial charge in [-0.15, -0.1) is 0 Å². The lowest BCUT2D eigenvalue weighted by Crippen LogP contribution is -2.39. The van der Waals surface area contributed by atoms with Gasteiger partial charge >= 0.3 is 0 Å². The van der Waals surface area contributed by atoms with Gasteiger partial charge in [0.05, 0.1) is 0 Å². The largest absolute Gasteiger partial charge is 0.313 e. The standard InChI is InChI=1S/C17H27N/c1-13(2)17(16-8-5-4-6-9-16)12-18-14(3)15-10-7-11-15/h4-6,8-9,13-15,17-18H,7,10-12H2,1-3H3. The summed E-state index contributed by atoms with van der Waals surface area (Å²) in [6.45, 7) is 8.12. The van der Waals surface area contributed by atoms with Crippen molar-refractivity contribution in [3.63, 3.8) is 0 Å². The molecular formula is C17H27N. The summed E-state index contributed by atoms with van der Waals surface area (Å²) in [4.78, 5) is 0. The van der Waals surface area contributed by atoms with Crippen LogP contribution in [0.15, 0.2) is 30.3 Å². The molecule has 0 radical (unpaired) electrons. The number of benzene rings is 1. The minimum Gasteiger partial charge on any atom is -0.313 e. The first-order valence-corrected chi connectivity index (χ1v) is 7.47. The number of rotatable bonds is 6. The third kappa shape index (κ3) is 3.35. The van der Waals surface area contributed by atoms with Crippen molar-refractivity contribution in [3.05, 3.63) is 35.9 Å². The predicted molar refractivity (Wildman–Crippen MR) is 78.8 cm³/mol. The monoisotopic (exact) mass is 245 g/mol. The number of hydrogen-bond acceptors (Lipinski definition) is 1. The Balaban J connectivity index is 1.90. The lowest BCUT2D eigenvalue weighted by atomic mass is 9.80. The zero-order chi connectivity index (χ0) is 13.0. The molecule has 1 nitrogen and oxygen atoms in total. The van der Waals surface area contributed by atoms with Crippen LogP contribution in [0.3, 0.4) is 0 Å². The summed E-state index contributed by atoms with van der Waals surface area (Å²) < 4.78 is 0. The first-order valence-electron chi connectivity index (χ1n) is 7.47. The minimum atomic E-state index is 0.633. The molecule has 0 heterocycles. The molecule has 2 unspecified atom stereocenters. The maximum Gasteiger partial charge on any atom is 0.00672 e. The lowest BCUT2D eigenvalue weighted by Gasteiger charge is -2.33. The van der Waals surface area contributed by atoms with E-state index in [2.05, 4.69) is 56.4 Å². The average molecular weight is 245 g/mol. The van der Waals surface area contributed by atoms with E-state index in [1.54, 1.807) is 0 Å². The molecule has 0 bridgehead atoms. The second-order valence-electron chi connectivity index (χ2n) is 6.15. The Labute approximate surface area is 112 Å². The molecule has 1 fully saturated rings. The van der Waals surface area contributed by atoms with E-state index in [1.807, 2.05) is 0 Å². The van der Waals surface area contributed by atoms with Gasteiger partial charge in [0.1, 0.15) is 0 Å². The van der Waals surface area contributed by atoms with Crippen molar-refractivity contribution in [1.29, 1.82) is 0 Å². The maximum absolute atomic E-state index is 3.76. The molecule has 18 heavy (non-hydrogen) atoms. The molecule has 1 aliphatic carbocycles. The van der Waals surface area contributed by atoms with Crippen LogP contribution < -0.4 is 5.32 Å². The fourth-order valence-electron chi connectivity index (χ4n) is 2.86. The van der Waals surface area contributed by atoms with Crippen molar-refractivity contribution >= 4 is 0 Å². The highest BCUT2D eigenvalue weighted by Gasteiger charge is 2.24. The third-order valence-corrected chi connectivity index (χ3v) is 4.55. The van der Waals surface area contributed by atoms with Crippen molar-refractivity contribution in [2.45, 2.75) is 52.0 Å². The Morgan fingerprint density at radius 1 is 1.11 bits per heavy atom. The first kappa shape index (κ1) is 13.6. The molecule has 2 rings (SSSR count). The van der Waals surface area contributed by atoms with E-state index >= 15 is 0 Å². The van der Waals surface area contributed by atoms with Crippen LogP contribution in [-0.2, 0) is 0 Å². The van der Waals surface area contributed by atoms with Crippen LogP contribution in [0.2, 0.25) is 0 Å². The molecule has 1 aromatic carbocycles. The van der Waals surface area contributed by atoms with Gasteiger partial charge in [-0.05, 0) is 43.1 Å². The van der Waals surface area contributed by atoms with Gasteiger partial charge < -0.3 is 5.32 Å². The molecule has 1 aliphatic rings. The van der Waals surface area contributed by atoms with Gasteiger partial charge in [0.25, 0.3) is 0 Å². The average Bonchev–Trinajstić information content (AvgIpc) is 2.28. The summed E-state index contributed by atoms with van der Waals surface area (Å²) in [6.07, 6.45) is 4.28. The molecule has 1 heteroatoms. The van der Waals surface area contributed by atoms with Crippen molar-refractivity contribution in [3.8, 4) is 0 Å². The molecule has 0 aromatic heterocycles. The van der Waals surface area contributed by atoms with E-state index in [1.165, 1.54) is 24.8 Å². The van der Waals surface area contributed by atoms with Gasteiger partial charge in [0, 0.05) is 12.6 Å². The summed E-state index contributed by atoms with van der Waals surface area (Å²) in [5.41, 5.74) is 1.47. The topological polar surface area (TPSA) is 12.0 Å². The molecule has 1 aromatic rings. The third-order valence-electron chi connectivity index (χ3n) is 4.55. The van der Waals surface area contributed by atoms with E-state index in [0.29, 0.717) is 17.9 Å². The van der Waals surface area contributed by atoms with Crippen LogP contribution in [0, 0.1) is 11.8 Å². The Morgan fingerprint density at radius 3 is 2.28 bits per heavy atom. The van der Waals surface area contributed by atoms with E-state index in [-0.39, 0.29) is 0 Å². The normalized spacial score (nSPS) is 19.6. The Kier molecular flexibility index (Phi) is 4.82. The van der Waals surface area contributed by atoms with Gasteiger partial charge in [-0.25, -0.2) is 0 Å². The first-order chi connectivity index (χ1) is 8.68. The Morgan fingerprint density at radius 2 is 1.78 bits per heavy atom. The summed E-state index contributed by atoms with van der Waals surface area (Å²) >= 11 is 0. The van der Waals surface area contributed by atoms with Gasteiger partial charge in [-0.2, -0.15) is 0 Å². The lowest BCUT2D eigenvalue weighted by molar-refractivity contribution is 0.235. The molecule has 1 N–H and O–H groups in total. The van der Waals surface area contributed by atoms with E-state index in [0.717, 1.165) is 12.5 Å². The number of hydrogen-bond donors (Lipinski definition) is 1. The molecule has 0 spiro atoms. The molecule has 0 saturated heterocycles. The van der Waals surface area contributed by atoms with Gasteiger partial charge in [-0.1, -0.05) is 50.6 Å². The molecule has 0 amide bonds. The fourth-order valence-corrected chi connectivity index (χ4v) is 2.86. The minimum absolute atomic E-state index is 0.633. The summed E-state index contributed by atoms with van der Waals surface area (Å²) in [6, 6.07) is 11.6. The van der Waals surface area contributed by atoms with Crippen molar-refractivity contribution in [2.24, 2.45) is 11.8 Å².